The van der Waals surface area contributed by atoms with E-state index in [1.807, 2.05) is 0 Å². The summed E-state index contributed by atoms with van der Waals surface area (Å²) >= 11 is 1.24. The molecule has 5 heteroatoms. The minimum absolute atomic E-state index is 0.284. The summed E-state index contributed by atoms with van der Waals surface area (Å²) in [5, 5.41) is 9.77. The first-order valence-corrected chi connectivity index (χ1v) is 6.95. The van der Waals surface area contributed by atoms with Crippen molar-refractivity contribution in [2.45, 2.75) is 45.1 Å². The molecule has 1 aromatic rings. The van der Waals surface area contributed by atoms with Crippen molar-refractivity contribution in [3.8, 4) is 0 Å². The van der Waals surface area contributed by atoms with Crippen LogP contribution >= 0.6 is 11.3 Å². The zero-order valence-electron chi connectivity index (χ0n) is 11.0. The van der Waals surface area contributed by atoms with Gasteiger partial charge < -0.3 is 9.84 Å². The summed E-state index contributed by atoms with van der Waals surface area (Å²) in [6.07, 6.45) is 5.39. The molecule has 4 nitrogen and oxygen atoms in total. The highest BCUT2D eigenvalue weighted by molar-refractivity contribution is 7.13. The number of hydrogen-bond donors (Lipinski definition) is 1. The van der Waals surface area contributed by atoms with Crippen molar-refractivity contribution in [3.05, 3.63) is 16.1 Å². The maximum absolute atomic E-state index is 10.9. The lowest BCUT2D eigenvalue weighted by Gasteiger charge is -2.41. The summed E-state index contributed by atoms with van der Waals surface area (Å²) in [4.78, 5) is 15.5. The molecule has 18 heavy (non-hydrogen) atoms. The second-order valence-electron chi connectivity index (χ2n) is 5.70. The number of aromatic nitrogens is 1. The number of hydrogen-bond acceptors (Lipinski definition) is 4. The first-order valence-electron chi connectivity index (χ1n) is 6.13. The van der Waals surface area contributed by atoms with E-state index in [2.05, 4.69) is 18.8 Å². The monoisotopic (exact) mass is 269 g/mol. The molecule has 1 saturated carbocycles. The first kappa shape index (κ1) is 13.5. The third kappa shape index (κ3) is 2.42. The highest BCUT2D eigenvalue weighted by Gasteiger charge is 2.42. The zero-order chi connectivity index (χ0) is 13.4. The van der Waals surface area contributed by atoms with E-state index in [1.165, 1.54) is 17.5 Å². The number of aromatic carboxylic acids is 1. The van der Waals surface area contributed by atoms with Gasteiger partial charge in [0.25, 0.3) is 0 Å². The van der Waals surface area contributed by atoms with E-state index in [0.717, 1.165) is 30.7 Å². The number of nitrogens with zero attached hydrogens (tertiary/aromatic N) is 1. The molecular formula is C13H19NO3S. The smallest absolute Gasteiger partial charge is 0.347 e. The Morgan fingerprint density at radius 1 is 1.39 bits per heavy atom. The topological polar surface area (TPSA) is 59.4 Å². The van der Waals surface area contributed by atoms with Crippen LogP contribution in [0.15, 0.2) is 6.20 Å². The third-order valence-corrected chi connectivity index (χ3v) is 5.08. The summed E-state index contributed by atoms with van der Waals surface area (Å²) in [7, 11) is 1.69. The van der Waals surface area contributed by atoms with Crippen LogP contribution in [-0.4, -0.2) is 23.2 Å². The molecule has 0 amide bonds. The molecule has 1 aliphatic rings. The lowest BCUT2D eigenvalue weighted by molar-refractivity contribution is -0.0667. The fourth-order valence-electron chi connectivity index (χ4n) is 2.42. The normalized spacial score (nSPS) is 21.7. The standard InChI is InChI=1S/C13H19NO3S/c1-12(2)4-6-13(17-3,7-5-12)11-14-8-9(18-11)10(15)16/h8H,4-7H2,1-3H3,(H,15,16). The van der Waals surface area contributed by atoms with Crippen LogP contribution in [0.2, 0.25) is 0 Å². The molecule has 0 saturated heterocycles. The fraction of sp³-hybridized carbons (Fsp3) is 0.692. The van der Waals surface area contributed by atoms with Gasteiger partial charge in [-0.3, -0.25) is 0 Å². The van der Waals surface area contributed by atoms with E-state index < -0.39 is 5.97 Å². The number of thiazole rings is 1. The van der Waals surface area contributed by atoms with Crippen molar-refractivity contribution < 1.29 is 14.6 Å². The fourth-order valence-corrected chi connectivity index (χ4v) is 3.40. The van der Waals surface area contributed by atoms with Crippen LogP contribution in [0.1, 0.15) is 54.2 Å². The van der Waals surface area contributed by atoms with Gasteiger partial charge in [0.15, 0.2) is 0 Å². The summed E-state index contributed by atoms with van der Waals surface area (Å²) in [6.45, 7) is 4.52. The molecule has 0 atom stereocenters. The highest BCUT2D eigenvalue weighted by Crippen LogP contribution is 2.47. The van der Waals surface area contributed by atoms with Gasteiger partial charge in [-0.2, -0.15) is 0 Å². The average Bonchev–Trinajstić information content (AvgIpc) is 2.80. The Morgan fingerprint density at radius 2 is 2.00 bits per heavy atom. The molecule has 100 valence electrons. The number of carboxylic acid groups (broad SMARTS) is 1. The van der Waals surface area contributed by atoms with Crippen molar-refractivity contribution in [2.24, 2.45) is 5.41 Å². The third-order valence-electron chi connectivity index (χ3n) is 3.91. The highest BCUT2D eigenvalue weighted by atomic mass is 32.1. The predicted octanol–water partition coefficient (Wildman–Crippen LogP) is 3.28. The second-order valence-corrected chi connectivity index (χ2v) is 6.73. The molecular weight excluding hydrogens is 250 g/mol. The molecule has 1 N–H and O–H groups in total. The second kappa shape index (κ2) is 4.63. The van der Waals surface area contributed by atoms with Crippen molar-refractivity contribution in [2.75, 3.05) is 7.11 Å². The van der Waals surface area contributed by atoms with Gasteiger partial charge in [0, 0.05) is 7.11 Å². The van der Waals surface area contributed by atoms with Gasteiger partial charge in [-0.1, -0.05) is 13.8 Å². The van der Waals surface area contributed by atoms with Crippen LogP contribution in [0.3, 0.4) is 0 Å². The number of ether oxygens (including phenoxy) is 1. The molecule has 0 spiro atoms. The van der Waals surface area contributed by atoms with Crippen LogP contribution in [0.5, 0.6) is 0 Å². The number of rotatable bonds is 3. The molecule has 0 radical (unpaired) electrons. The SMILES string of the molecule is COC1(c2ncc(C(=O)O)s2)CCC(C)(C)CC1. The van der Waals surface area contributed by atoms with Gasteiger partial charge in [-0.05, 0) is 31.1 Å². The van der Waals surface area contributed by atoms with Gasteiger partial charge in [-0.15, -0.1) is 11.3 Å². The molecule has 0 aliphatic heterocycles. The van der Waals surface area contributed by atoms with Crippen molar-refractivity contribution in [3.63, 3.8) is 0 Å². The molecule has 0 unspecified atom stereocenters. The predicted molar refractivity (Wildman–Crippen MR) is 70.0 cm³/mol. The summed E-state index contributed by atoms with van der Waals surface area (Å²) in [5.41, 5.74) is -0.0389. The number of carbonyl (C=O) groups is 1. The first-order chi connectivity index (χ1) is 8.38. The van der Waals surface area contributed by atoms with Gasteiger partial charge in [-0.25, -0.2) is 9.78 Å². The summed E-state index contributed by atoms with van der Waals surface area (Å²) < 4.78 is 5.71. The average molecular weight is 269 g/mol. The Morgan fingerprint density at radius 3 is 2.44 bits per heavy atom. The lowest BCUT2D eigenvalue weighted by Crippen LogP contribution is -2.36. The van der Waals surface area contributed by atoms with E-state index in [4.69, 9.17) is 9.84 Å². The Bertz CT molecular complexity index is 443. The number of carboxylic acids is 1. The van der Waals surface area contributed by atoms with Crippen LogP contribution in [-0.2, 0) is 10.3 Å². The lowest BCUT2D eigenvalue weighted by atomic mass is 9.71. The van der Waals surface area contributed by atoms with Crippen molar-refractivity contribution in [1.29, 1.82) is 0 Å². The van der Waals surface area contributed by atoms with E-state index in [0.29, 0.717) is 5.41 Å². The van der Waals surface area contributed by atoms with E-state index in [9.17, 15) is 4.79 Å². The van der Waals surface area contributed by atoms with Crippen molar-refractivity contribution >= 4 is 17.3 Å². The molecule has 1 heterocycles. The maximum Gasteiger partial charge on any atom is 0.347 e. The zero-order valence-corrected chi connectivity index (χ0v) is 11.8. The van der Waals surface area contributed by atoms with E-state index in [-0.39, 0.29) is 10.5 Å². The van der Waals surface area contributed by atoms with Crippen LogP contribution in [0.25, 0.3) is 0 Å². The molecule has 1 fully saturated rings. The van der Waals surface area contributed by atoms with Gasteiger partial charge in [0.05, 0.1) is 6.20 Å². The Balaban J connectivity index is 2.25. The van der Waals surface area contributed by atoms with Crippen molar-refractivity contribution in [1.82, 2.24) is 4.98 Å². The van der Waals surface area contributed by atoms with Gasteiger partial charge >= 0.3 is 5.97 Å². The molecule has 0 aromatic carbocycles. The molecule has 0 bridgehead atoms. The van der Waals surface area contributed by atoms with Gasteiger partial charge in [0.2, 0.25) is 0 Å². The van der Waals surface area contributed by atoms with Crippen LogP contribution in [0, 0.1) is 5.41 Å². The van der Waals surface area contributed by atoms with Crippen LogP contribution in [0.4, 0.5) is 0 Å². The Hall–Kier alpha value is -0.940. The molecule has 1 aromatic heterocycles. The Kier molecular flexibility index (Phi) is 3.47. The molecule has 1 aliphatic carbocycles. The van der Waals surface area contributed by atoms with Gasteiger partial charge in [0.1, 0.15) is 15.5 Å². The van der Waals surface area contributed by atoms with E-state index in [1.54, 1.807) is 7.11 Å². The van der Waals surface area contributed by atoms with E-state index >= 15 is 0 Å². The summed E-state index contributed by atoms with van der Waals surface area (Å²) in [5.74, 6) is -0.916. The number of methoxy groups -OCH3 is 1. The minimum Gasteiger partial charge on any atom is -0.477 e. The largest absolute Gasteiger partial charge is 0.477 e. The Labute approximate surface area is 111 Å². The van der Waals surface area contributed by atoms with Crippen LogP contribution < -0.4 is 0 Å². The summed E-state index contributed by atoms with van der Waals surface area (Å²) in [6, 6.07) is 0. The molecule has 2 rings (SSSR count). The minimum atomic E-state index is -0.916. The maximum atomic E-state index is 10.9. The quantitative estimate of drug-likeness (QED) is 0.914.